The second-order valence-electron chi connectivity index (χ2n) is 4.87. The Labute approximate surface area is 143 Å². The fourth-order valence-electron chi connectivity index (χ4n) is 2.29. The van der Waals surface area contributed by atoms with E-state index in [2.05, 4.69) is 15.0 Å². The van der Waals surface area contributed by atoms with Crippen LogP contribution in [0.5, 0.6) is 5.75 Å². The fourth-order valence-corrected chi connectivity index (χ4v) is 3.30. The highest BCUT2D eigenvalue weighted by Gasteiger charge is 2.13. The lowest BCUT2D eigenvalue weighted by molar-refractivity contribution is 0.415. The van der Waals surface area contributed by atoms with Gasteiger partial charge in [-0.2, -0.15) is 0 Å². The van der Waals surface area contributed by atoms with E-state index in [-0.39, 0.29) is 5.28 Å². The van der Waals surface area contributed by atoms with Gasteiger partial charge in [0, 0.05) is 22.3 Å². The Morgan fingerprint density at radius 2 is 2.09 bits per heavy atom. The van der Waals surface area contributed by atoms with Crippen molar-refractivity contribution in [3.05, 3.63) is 52.4 Å². The average molecular weight is 347 g/mol. The minimum Gasteiger partial charge on any atom is -0.497 e. The Morgan fingerprint density at radius 1 is 1.22 bits per heavy atom. The third-order valence-corrected chi connectivity index (χ3v) is 4.48. The van der Waals surface area contributed by atoms with E-state index in [4.69, 9.17) is 22.1 Å². The van der Waals surface area contributed by atoms with Gasteiger partial charge in [0.25, 0.3) is 0 Å². The molecule has 0 unspecified atom stereocenters. The summed E-state index contributed by atoms with van der Waals surface area (Å²) in [5.74, 6) is 0.794. The molecule has 0 bridgehead atoms. The summed E-state index contributed by atoms with van der Waals surface area (Å²) in [5.41, 5.74) is 8.70. The number of methoxy groups -OCH3 is 1. The number of hydrogen-bond donors (Lipinski definition) is 1. The second-order valence-corrected chi connectivity index (χ2v) is 6.33. The first-order valence-electron chi connectivity index (χ1n) is 7.02. The zero-order chi connectivity index (χ0) is 16.2. The van der Waals surface area contributed by atoms with Crippen LogP contribution in [0.4, 0.5) is 5.13 Å². The summed E-state index contributed by atoms with van der Waals surface area (Å²) >= 11 is 7.32. The number of nitrogens with zero attached hydrogens (tertiary/aromatic N) is 3. The van der Waals surface area contributed by atoms with Crippen LogP contribution in [0, 0.1) is 0 Å². The Morgan fingerprint density at radius 3 is 2.87 bits per heavy atom. The summed E-state index contributed by atoms with van der Waals surface area (Å²) in [6, 6.07) is 9.67. The number of halogens is 1. The first-order chi connectivity index (χ1) is 11.2. The zero-order valence-corrected chi connectivity index (χ0v) is 14.1. The highest BCUT2D eigenvalue weighted by Crippen LogP contribution is 2.32. The number of aryl methyl sites for hydroxylation is 2. The quantitative estimate of drug-likeness (QED) is 0.714. The standard InChI is InChI=1S/C16H15ClN4OS/c1-22-12-4-2-3-10(9-12)14-13(23-16(18)21-14)6-5-11-7-8-19-15(17)20-11/h2-4,7-9H,5-6H2,1H3,(H2,18,21). The van der Waals surface area contributed by atoms with E-state index >= 15 is 0 Å². The molecule has 0 atom stereocenters. The molecule has 0 radical (unpaired) electrons. The summed E-state index contributed by atoms with van der Waals surface area (Å²) in [7, 11) is 1.65. The lowest BCUT2D eigenvalue weighted by Gasteiger charge is -2.05. The van der Waals surface area contributed by atoms with Crippen LogP contribution in [-0.2, 0) is 12.8 Å². The SMILES string of the molecule is COc1cccc(-c2nc(N)sc2CCc2ccnc(Cl)n2)c1. The first-order valence-corrected chi connectivity index (χ1v) is 8.22. The van der Waals surface area contributed by atoms with Crippen LogP contribution in [-0.4, -0.2) is 22.1 Å². The van der Waals surface area contributed by atoms with E-state index < -0.39 is 0 Å². The van der Waals surface area contributed by atoms with Gasteiger partial charge in [0.15, 0.2) is 5.13 Å². The van der Waals surface area contributed by atoms with Gasteiger partial charge < -0.3 is 10.5 Å². The summed E-state index contributed by atoms with van der Waals surface area (Å²) in [5, 5.41) is 0.817. The summed E-state index contributed by atoms with van der Waals surface area (Å²) in [4.78, 5) is 13.7. The molecule has 0 fully saturated rings. The molecule has 0 amide bonds. The van der Waals surface area contributed by atoms with Crippen molar-refractivity contribution in [2.45, 2.75) is 12.8 Å². The lowest BCUT2D eigenvalue weighted by Crippen LogP contribution is -1.96. The van der Waals surface area contributed by atoms with E-state index in [1.54, 1.807) is 13.3 Å². The van der Waals surface area contributed by atoms with Gasteiger partial charge in [-0.1, -0.05) is 12.1 Å². The number of anilines is 1. The zero-order valence-electron chi connectivity index (χ0n) is 12.5. The molecular weight excluding hydrogens is 332 g/mol. The molecule has 0 aliphatic heterocycles. The van der Waals surface area contributed by atoms with Crippen molar-refractivity contribution in [2.75, 3.05) is 12.8 Å². The van der Waals surface area contributed by atoms with Crippen LogP contribution in [0.15, 0.2) is 36.5 Å². The number of ether oxygens (including phenoxy) is 1. The molecule has 0 saturated carbocycles. The Bertz CT molecular complexity index is 821. The molecule has 3 aromatic rings. The Kier molecular flexibility index (Phi) is 4.73. The average Bonchev–Trinajstić information content (AvgIpc) is 2.94. The van der Waals surface area contributed by atoms with Gasteiger partial charge in [-0.05, 0) is 42.6 Å². The third-order valence-electron chi connectivity index (χ3n) is 3.35. The van der Waals surface area contributed by atoms with Crippen molar-refractivity contribution < 1.29 is 4.74 Å². The maximum Gasteiger partial charge on any atom is 0.222 e. The molecule has 1 aromatic carbocycles. The summed E-state index contributed by atoms with van der Waals surface area (Å²) < 4.78 is 5.28. The topological polar surface area (TPSA) is 73.9 Å². The smallest absolute Gasteiger partial charge is 0.222 e. The number of hydrogen-bond acceptors (Lipinski definition) is 6. The third kappa shape index (κ3) is 3.78. The molecule has 5 nitrogen and oxygen atoms in total. The highest BCUT2D eigenvalue weighted by atomic mass is 35.5. The lowest BCUT2D eigenvalue weighted by atomic mass is 10.1. The molecule has 0 spiro atoms. The van der Waals surface area contributed by atoms with Gasteiger partial charge in [-0.15, -0.1) is 11.3 Å². The van der Waals surface area contributed by atoms with Gasteiger partial charge in [0.05, 0.1) is 12.8 Å². The number of aromatic nitrogens is 3. The largest absolute Gasteiger partial charge is 0.497 e. The second kappa shape index (κ2) is 6.93. The molecule has 2 aromatic heterocycles. The van der Waals surface area contributed by atoms with Crippen molar-refractivity contribution >= 4 is 28.1 Å². The molecule has 0 aliphatic carbocycles. The predicted molar refractivity (Wildman–Crippen MR) is 93.0 cm³/mol. The van der Waals surface area contributed by atoms with E-state index in [1.165, 1.54) is 11.3 Å². The van der Waals surface area contributed by atoms with Crippen molar-refractivity contribution in [3.63, 3.8) is 0 Å². The predicted octanol–water partition coefficient (Wildman–Crippen LogP) is 3.63. The Balaban J connectivity index is 1.85. The summed E-state index contributed by atoms with van der Waals surface area (Å²) in [6.07, 6.45) is 3.20. The van der Waals surface area contributed by atoms with Gasteiger partial charge >= 0.3 is 0 Å². The van der Waals surface area contributed by atoms with Crippen LogP contribution >= 0.6 is 22.9 Å². The van der Waals surface area contributed by atoms with Crippen LogP contribution in [0.1, 0.15) is 10.6 Å². The van der Waals surface area contributed by atoms with Gasteiger partial charge in [-0.3, -0.25) is 0 Å². The van der Waals surface area contributed by atoms with E-state index in [0.29, 0.717) is 5.13 Å². The van der Waals surface area contributed by atoms with Crippen LogP contribution in [0.25, 0.3) is 11.3 Å². The molecule has 23 heavy (non-hydrogen) atoms. The summed E-state index contributed by atoms with van der Waals surface area (Å²) in [6.45, 7) is 0. The van der Waals surface area contributed by atoms with Gasteiger partial charge in [0.2, 0.25) is 5.28 Å². The highest BCUT2D eigenvalue weighted by molar-refractivity contribution is 7.15. The van der Waals surface area contributed by atoms with Crippen molar-refractivity contribution in [1.29, 1.82) is 0 Å². The van der Waals surface area contributed by atoms with E-state index in [1.807, 2.05) is 30.3 Å². The minimum atomic E-state index is 0.263. The fraction of sp³-hybridized carbons (Fsp3) is 0.188. The maximum atomic E-state index is 5.91. The Hall–Kier alpha value is -2.18. The van der Waals surface area contributed by atoms with E-state index in [9.17, 15) is 0 Å². The monoisotopic (exact) mass is 346 g/mol. The van der Waals surface area contributed by atoms with Gasteiger partial charge in [0.1, 0.15) is 5.75 Å². The van der Waals surface area contributed by atoms with Crippen molar-refractivity contribution in [3.8, 4) is 17.0 Å². The van der Waals surface area contributed by atoms with Crippen LogP contribution in [0.2, 0.25) is 5.28 Å². The number of rotatable bonds is 5. The molecule has 2 heterocycles. The molecule has 0 aliphatic rings. The van der Waals surface area contributed by atoms with Gasteiger partial charge in [-0.25, -0.2) is 15.0 Å². The van der Waals surface area contributed by atoms with E-state index in [0.717, 1.165) is 40.4 Å². The molecule has 118 valence electrons. The van der Waals surface area contributed by atoms with Crippen LogP contribution in [0.3, 0.4) is 0 Å². The number of thiazole rings is 1. The molecule has 7 heteroatoms. The number of nitrogen functional groups attached to an aromatic ring is 1. The molecule has 2 N–H and O–H groups in total. The molecule has 3 rings (SSSR count). The number of benzene rings is 1. The maximum absolute atomic E-state index is 5.91. The molecular formula is C16H15ClN4OS. The number of nitrogens with two attached hydrogens (primary N) is 1. The normalized spacial score (nSPS) is 10.7. The van der Waals surface area contributed by atoms with Crippen molar-refractivity contribution in [1.82, 2.24) is 15.0 Å². The first kappa shape index (κ1) is 15.7. The van der Waals surface area contributed by atoms with Crippen LogP contribution < -0.4 is 10.5 Å². The molecule has 0 saturated heterocycles. The minimum absolute atomic E-state index is 0.263. The van der Waals surface area contributed by atoms with Crippen molar-refractivity contribution in [2.24, 2.45) is 0 Å².